The maximum Gasteiger partial charge on any atom is 0.220 e. The van der Waals surface area contributed by atoms with Crippen LogP contribution in [0.3, 0.4) is 0 Å². The minimum Gasteiger partial charge on any atom is -0.359 e. The number of rotatable bonds is 5. The van der Waals surface area contributed by atoms with E-state index in [1.165, 1.54) is 11.1 Å². The molecule has 0 spiro atoms. The van der Waals surface area contributed by atoms with Crippen molar-refractivity contribution >= 4 is 5.91 Å². The standard InChI is InChI=1S/C14H21NO/c1-4-5-13(10-14(16)15-3)12-8-6-11(2)7-9-12/h6-9,13H,4-5,10H2,1-3H3,(H,15,16). The molecule has 2 heteroatoms. The molecule has 1 aromatic rings. The molecule has 0 aliphatic carbocycles. The van der Waals surface area contributed by atoms with Crippen LogP contribution in [0.1, 0.15) is 43.2 Å². The highest BCUT2D eigenvalue weighted by Crippen LogP contribution is 2.25. The van der Waals surface area contributed by atoms with Gasteiger partial charge in [0, 0.05) is 13.5 Å². The zero-order valence-electron chi connectivity index (χ0n) is 10.4. The third-order valence-electron chi connectivity index (χ3n) is 2.90. The number of hydrogen-bond acceptors (Lipinski definition) is 1. The van der Waals surface area contributed by atoms with E-state index < -0.39 is 0 Å². The number of benzene rings is 1. The molecule has 0 aromatic heterocycles. The quantitative estimate of drug-likeness (QED) is 0.810. The largest absolute Gasteiger partial charge is 0.359 e. The summed E-state index contributed by atoms with van der Waals surface area (Å²) >= 11 is 0. The van der Waals surface area contributed by atoms with Gasteiger partial charge in [-0.15, -0.1) is 0 Å². The van der Waals surface area contributed by atoms with Gasteiger partial charge in [0.05, 0.1) is 0 Å². The van der Waals surface area contributed by atoms with Gasteiger partial charge in [-0.1, -0.05) is 43.2 Å². The van der Waals surface area contributed by atoms with Gasteiger partial charge in [0.2, 0.25) is 5.91 Å². The van der Waals surface area contributed by atoms with Crippen LogP contribution in [0.5, 0.6) is 0 Å². The molecule has 0 heterocycles. The van der Waals surface area contributed by atoms with Crippen molar-refractivity contribution in [1.29, 1.82) is 0 Å². The van der Waals surface area contributed by atoms with Crippen LogP contribution >= 0.6 is 0 Å². The number of aryl methyl sites for hydroxylation is 1. The lowest BCUT2D eigenvalue weighted by molar-refractivity contribution is -0.121. The van der Waals surface area contributed by atoms with Gasteiger partial charge < -0.3 is 5.32 Å². The van der Waals surface area contributed by atoms with Crippen LogP contribution in [-0.2, 0) is 4.79 Å². The molecule has 1 atom stereocenters. The summed E-state index contributed by atoms with van der Waals surface area (Å²) in [5.74, 6) is 0.476. The Morgan fingerprint density at radius 1 is 1.31 bits per heavy atom. The van der Waals surface area contributed by atoms with Crippen LogP contribution < -0.4 is 5.32 Å². The lowest BCUT2D eigenvalue weighted by atomic mass is 9.90. The first kappa shape index (κ1) is 12.8. The maximum atomic E-state index is 11.4. The molecule has 1 rings (SSSR count). The Morgan fingerprint density at radius 2 is 1.94 bits per heavy atom. The molecular formula is C14H21NO. The molecule has 0 saturated carbocycles. The molecule has 0 fully saturated rings. The van der Waals surface area contributed by atoms with E-state index in [1.54, 1.807) is 7.05 Å². The highest BCUT2D eigenvalue weighted by Gasteiger charge is 2.14. The minimum absolute atomic E-state index is 0.124. The Morgan fingerprint density at radius 3 is 2.44 bits per heavy atom. The Kier molecular flexibility index (Phi) is 5.03. The summed E-state index contributed by atoms with van der Waals surface area (Å²) in [6, 6.07) is 8.50. The molecule has 1 aromatic carbocycles. The molecule has 1 amide bonds. The Labute approximate surface area is 98.1 Å². The van der Waals surface area contributed by atoms with E-state index in [9.17, 15) is 4.79 Å². The normalized spacial score (nSPS) is 12.2. The topological polar surface area (TPSA) is 29.1 Å². The van der Waals surface area contributed by atoms with E-state index in [0.29, 0.717) is 12.3 Å². The summed E-state index contributed by atoms with van der Waals surface area (Å²) < 4.78 is 0. The van der Waals surface area contributed by atoms with E-state index in [-0.39, 0.29) is 5.91 Å². The Hall–Kier alpha value is -1.31. The zero-order chi connectivity index (χ0) is 12.0. The smallest absolute Gasteiger partial charge is 0.220 e. The van der Waals surface area contributed by atoms with Crippen LogP contribution in [0.4, 0.5) is 0 Å². The van der Waals surface area contributed by atoms with Crippen molar-refractivity contribution in [1.82, 2.24) is 5.32 Å². The lowest BCUT2D eigenvalue weighted by Gasteiger charge is -2.15. The number of hydrogen-bond donors (Lipinski definition) is 1. The van der Waals surface area contributed by atoms with Crippen molar-refractivity contribution in [3.63, 3.8) is 0 Å². The number of nitrogens with one attached hydrogen (secondary N) is 1. The average Bonchev–Trinajstić information content (AvgIpc) is 2.29. The van der Waals surface area contributed by atoms with Crippen molar-refractivity contribution in [2.45, 2.75) is 39.0 Å². The Bertz CT molecular complexity index is 329. The summed E-state index contributed by atoms with van der Waals surface area (Å²) in [5, 5.41) is 2.70. The van der Waals surface area contributed by atoms with E-state index in [1.807, 2.05) is 0 Å². The van der Waals surface area contributed by atoms with Crippen LogP contribution in [0.25, 0.3) is 0 Å². The fourth-order valence-electron chi connectivity index (χ4n) is 1.90. The van der Waals surface area contributed by atoms with Crippen molar-refractivity contribution in [3.8, 4) is 0 Å². The summed E-state index contributed by atoms with van der Waals surface area (Å²) in [6.07, 6.45) is 2.76. The second kappa shape index (κ2) is 6.31. The predicted molar refractivity (Wildman–Crippen MR) is 67.5 cm³/mol. The predicted octanol–water partition coefficient (Wildman–Crippen LogP) is 3.01. The second-order valence-corrected chi connectivity index (χ2v) is 4.27. The molecule has 1 unspecified atom stereocenters. The van der Waals surface area contributed by atoms with Gasteiger partial charge in [0.25, 0.3) is 0 Å². The third-order valence-corrected chi connectivity index (χ3v) is 2.90. The molecule has 0 radical (unpaired) electrons. The molecule has 88 valence electrons. The molecule has 0 bridgehead atoms. The first-order valence-electron chi connectivity index (χ1n) is 5.94. The first-order chi connectivity index (χ1) is 7.67. The summed E-state index contributed by atoms with van der Waals surface area (Å²) in [4.78, 5) is 11.4. The second-order valence-electron chi connectivity index (χ2n) is 4.27. The number of carbonyl (C=O) groups is 1. The SMILES string of the molecule is CCCC(CC(=O)NC)c1ccc(C)cc1. The summed E-state index contributed by atoms with van der Waals surface area (Å²) in [6.45, 7) is 4.24. The van der Waals surface area contributed by atoms with Crippen molar-refractivity contribution in [2.24, 2.45) is 0 Å². The van der Waals surface area contributed by atoms with Gasteiger partial charge in [0.15, 0.2) is 0 Å². The van der Waals surface area contributed by atoms with Crippen LogP contribution in [-0.4, -0.2) is 13.0 Å². The monoisotopic (exact) mass is 219 g/mol. The van der Waals surface area contributed by atoms with Gasteiger partial charge in [-0.05, 0) is 24.8 Å². The maximum absolute atomic E-state index is 11.4. The van der Waals surface area contributed by atoms with Crippen LogP contribution in [0.15, 0.2) is 24.3 Å². The lowest BCUT2D eigenvalue weighted by Crippen LogP contribution is -2.20. The van der Waals surface area contributed by atoms with Gasteiger partial charge in [-0.2, -0.15) is 0 Å². The van der Waals surface area contributed by atoms with E-state index in [4.69, 9.17) is 0 Å². The molecule has 16 heavy (non-hydrogen) atoms. The van der Waals surface area contributed by atoms with Crippen molar-refractivity contribution in [3.05, 3.63) is 35.4 Å². The molecule has 1 N–H and O–H groups in total. The Balaban J connectivity index is 2.76. The van der Waals surface area contributed by atoms with Gasteiger partial charge >= 0.3 is 0 Å². The fourth-order valence-corrected chi connectivity index (χ4v) is 1.90. The van der Waals surface area contributed by atoms with Gasteiger partial charge in [-0.3, -0.25) is 4.79 Å². The minimum atomic E-state index is 0.124. The van der Waals surface area contributed by atoms with Gasteiger partial charge in [0.1, 0.15) is 0 Å². The fraction of sp³-hybridized carbons (Fsp3) is 0.500. The zero-order valence-corrected chi connectivity index (χ0v) is 10.4. The molecule has 0 aliphatic heterocycles. The summed E-state index contributed by atoms with van der Waals surface area (Å²) in [7, 11) is 1.69. The number of amides is 1. The highest BCUT2D eigenvalue weighted by atomic mass is 16.1. The van der Waals surface area contributed by atoms with Crippen LogP contribution in [0.2, 0.25) is 0 Å². The third kappa shape index (κ3) is 3.69. The average molecular weight is 219 g/mol. The molecule has 0 aliphatic rings. The first-order valence-corrected chi connectivity index (χ1v) is 5.94. The molecule has 2 nitrogen and oxygen atoms in total. The number of carbonyl (C=O) groups excluding carboxylic acids is 1. The van der Waals surface area contributed by atoms with Crippen molar-refractivity contribution < 1.29 is 4.79 Å². The summed E-state index contributed by atoms with van der Waals surface area (Å²) in [5.41, 5.74) is 2.54. The van der Waals surface area contributed by atoms with Crippen molar-refractivity contribution in [2.75, 3.05) is 7.05 Å². The van der Waals surface area contributed by atoms with E-state index in [2.05, 4.69) is 43.4 Å². The van der Waals surface area contributed by atoms with E-state index in [0.717, 1.165) is 12.8 Å². The molecular weight excluding hydrogens is 198 g/mol. The van der Waals surface area contributed by atoms with E-state index >= 15 is 0 Å². The highest BCUT2D eigenvalue weighted by molar-refractivity contribution is 5.76. The molecule has 0 saturated heterocycles. The van der Waals surface area contributed by atoms with Gasteiger partial charge in [-0.25, -0.2) is 0 Å². The van der Waals surface area contributed by atoms with Crippen LogP contribution in [0, 0.1) is 6.92 Å².